The number of hydrogen-bond donors (Lipinski definition) is 1. The van der Waals surface area contributed by atoms with Gasteiger partial charge in [-0.15, -0.1) is 5.10 Å². The summed E-state index contributed by atoms with van der Waals surface area (Å²) in [6.07, 6.45) is -1.93. The molecule has 2 fully saturated rings. The third kappa shape index (κ3) is 4.61. The molecule has 5 rings (SSSR count). The Morgan fingerprint density at radius 1 is 1.06 bits per heavy atom. The lowest BCUT2D eigenvalue weighted by Crippen LogP contribution is -2.35. The maximum Gasteiger partial charge on any atom is 0.412 e. The van der Waals surface area contributed by atoms with Crippen molar-refractivity contribution in [3.8, 4) is 0 Å². The molecule has 11 heteroatoms. The number of ketones is 1. The molecule has 0 saturated carbocycles. The Balaban J connectivity index is 1.21. The highest BCUT2D eigenvalue weighted by molar-refractivity contribution is 7.99. The summed E-state index contributed by atoms with van der Waals surface area (Å²) in [5.74, 6) is -0.0425. The molecule has 0 radical (unpaired) electrons. The fraction of sp³-hybridized carbons (Fsp3) is 0.318. The minimum Gasteiger partial charge on any atom is -0.441 e. The highest BCUT2D eigenvalue weighted by Gasteiger charge is 2.51. The first-order valence-corrected chi connectivity index (χ1v) is 11.2. The van der Waals surface area contributed by atoms with Crippen molar-refractivity contribution in [1.29, 1.82) is 0 Å². The highest BCUT2D eigenvalue weighted by Crippen LogP contribution is 2.37. The van der Waals surface area contributed by atoms with Crippen LogP contribution in [0.4, 0.5) is 10.5 Å². The van der Waals surface area contributed by atoms with Gasteiger partial charge in [-0.25, -0.2) is 9.48 Å². The molecule has 0 spiro atoms. The van der Waals surface area contributed by atoms with Gasteiger partial charge in [0.2, 0.25) is 5.16 Å². The van der Waals surface area contributed by atoms with E-state index >= 15 is 0 Å². The Bertz CT molecular complexity index is 1140. The zero-order valence-corrected chi connectivity index (χ0v) is 18.5. The van der Waals surface area contributed by atoms with Gasteiger partial charge in [-0.2, -0.15) is 0 Å². The number of amides is 1. The largest absolute Gasteiger partial charge is 0.441 e. The number of ether oxygens (including phenoxy) is 3. The van der Waals surface area contributed by atoms with Gasteiger partial charge in [-0.3, -0.25) is 10.1 Å². The summed E-state index contributed by atoms with van der Waals surface area (Å²) in [4.78, 5) is 24.8. The van der Waals surface area contributed by atoms with E-state index in [-0.39, 0.29) is 24.5 Å². The molecule has 1 amide bonds. The van der Waals surface area contributed by atoms with Gasteiger partial charge in [0.15, 0.2) is 11.9 Å². The molecule has 10 nitrogen and oxygen atoms in total. The molecule has 1 N–H and O–H groups in total. The maximum atomic E-state index is 12.4. The molecule has 170 valence electrons. The Hall–Kier alpha value is -3.28. The van der Waals surface area contributed by atoms with Crippen LogP contribution in [0, 0.1) is 0 Å². The second-order valence-corrected chi connectivity index (χ2v) is 8.73. The standard InChI is InChI=1S/C22H21N5O5S/c1-13(28)14-7-9-15(10-8-14)23-22(29)32-18-12-31-19-17(11-30-20(18)19)27-21(24-25-26-27)33-16-5-3-2-4-6-16/h2-10,17-20H,11-12H2,1H3,(H,23,29)/t17-,18+,19+,20+/m0/s1. The van der Waals surface area contributed by atoms with Gasteiger partial charge >= 0.3 is 6.09 Å². The molecular weight excluding hydrogens is 446 g/mol. The number of rotatable bonds is 6. The first-order valence-electron chi connectivity index (χ1n) is 10.4. The molecule has 2 saturated heterocycles. The lowest BCUT2D eigenvalue weighted by atomic mass is 10.1. The first kappa shape index (κ1) is 21.6. The topological polar surface area (TPSA) is 117 Å². The average Bonchev–Trinajstić information content (AvgIpc) is 3.53. The van der Waals surface area contributed by atoms with Crippen molar-refractivity contribution >= 4 is 29.3 Å². The first-order chi connectivity index (χ1) is 16.1. The third-order valence-electron chi connectivity index (χ3n) is 5.51. The van der Waals surface area contributed by atoms with E-state index in [1.807, 2.05) is 30.3 Å². The number of nitrogens with one attached hydrogen (secondary N) is 1. The van der Waals surface area contributed by atoms with Crippen molar-refractivity contribution in [3.63, 3.8) is 0 Å². The summed E-state index contributed by atoms with van der Waals surface area (Å²) in [5, 5.41) is 15.4. The minimum atomic E-state index is -0.616. The fourth-order valence-corrected chi connectivity index (χ4v) is 4.73. The Kier molecular flexibility index (Phi) is 6.07. The van der Waals surface area contributed by atoms with E-state index in [1.54, 1.807) is 28.9 Å². The number of nitrogens with zero attached hydrogens (tertiary/aromatic N) is 4. The number of benzene rings is 2. The summed E-state index contributed by atoms with van der Waals surface area (Å²) >= 11 is 1.46. The van der Waals surface area contributed by atoms with E-state index in [1.165, 1.54) is 18.7 Å². The normalized spacial score (nSPS) is 23.8. The van der Waals surface area contributed by atoms with Crippen molar-refractivity contribution in [2.24, 2.45) is 0 Å². The van der Waals surface area contributed by atoms with E-state index in [9.17, 15) is 9.59 Å². The summed E-state index contributed by atoms with van der Waals surface area (Å²) in [6, 6.07) is 16.2. The van der Waals surface area contributed by atoms with Crippen molar-refractivity contribution in [2.75, 3.05) is 18.5 Å². The van der Waals surface area contributed by atoms with Crippen LogP contribution in [0.25, 0.3) is 0 Å². The lowest BCUT2D eigenvalue weighted by molar-refractivity contribution is 0.00751. The molecule has 3 heterocycles. The van der Waals surface area contributed by atoms with E-state index < -0.39 is 18.3 Å². The molecule has 0 bridgehead atoms. The Morgan fingerprint density at radius 2 is 1.82 bits per heavy atom. The number of Topliss-reactive ketones (excluding diaryl/α,β-unsaturated/α-hetero) is 1. The number of anilines is 1. The van der Waals surface area contributed by atoms with Gasteiger partial charge in [0, 0.05) is 16.1 Å². The number of aromatic nitrogens is 4. The SMILES string of the molecule is CC(=O)c1ccc(NC(=O)O[C@@H]2CO[C@H]3[C@@H]2OC[C@@H]3n2nnnc2Sc2ccccc2)cc1. The highest BCUT2D eigenvalue weighted by atomic mass is 32.2. The molecular formula is C22H21N5O5S. The lowest BCUT2D eigenvalue weighted by Gasteiger charge is -2.17. The average molecular weight is 468 g/mol. The molecule has 0 unspecified atom stereocenters. The summed E-state index contributed by atoms with van der Waals surface area (Å²) in [6.45, 7) is 2.04. The van der Waals surface area contributed by atoms with Crippen molar-refractivity contribution < 1.29 is 23.8 Å². The summed E-state index contributed by atoms with van der Waals surface area (Å²) in [5.41, 5.74) is 1.10. The van der Waals surface area contributed by atoms with Gasteiger partial charge < -0.3 is 14.2 Å². The molecule has 2 aliphatic rings. The van der Waals surface area contributed by atoms with Gasteiger partial charge in [-0.05, 0) is 65.5 Å². The smallest absolute Gasteiger partial charge is 0.412 e. The maximum absolute atomic E-state index is 12.4. The molecule has 2 aliphatic heterocycles. The fourth-order valence-electron chi connectivity index (χ4n) is 3.88. The monoisotopic (exact) mass is 467 g/mol. The van der Waals surface area contributed by atoms with E-state index in [4.69, 9.17) is 14.2 Å². The van der Waals surface area contributed by atoms with Gasteiger partial charge in [0.25, 0.3) is 0 Å². The van der Waals surface area contributed by atoms with Crippen LogP contribution in [0.5, 0.6) is 0 Å². The van der Waals surface area contributed by atoms with Crippen LogP contribution >= 0.6 is 11.8 Å². The van der Waals surface area contributed by atoms with Crippen LogP contribution in [0.15, 0.2) is 64.6 Å². The number of fused-ring (bicyclic) bond motifs is 1. The zero-order valence-electron chi connectivity index (χ0n) is 17.7. The number of hydrogen-bond acceptors (Lipinski definition) is 9. The Labute approximate surface area is 193 Å². The van der Waals surface area contributed by atoms with Crippen LogP contribution in [-0.4, -0.2) is 63.6 Å². The molecule has 33 heavy (non-hydrogen) atoms. The van der Waals surface area contributed by atoms with Gasteiger partial charge in [-0.1, -0.05) is 18.2 Å². The number of carbonyl (C=O) groups excluding carboxylic acids is 2. The third-order valence-corrected chi connectivity index (χ3v) is 6.47. The van der Waals surface area contributed by atoms with Gasteiger partial charge in [0.05, 0.1) is 13.2 Å². The summed E-state index contributed by atoms with van der Waals surface area (Å²) in [7, 11) is 0. The second-order valence-electron chi connectivity index (χ2n) is 7.69. The van der Waals surface area contributed by atoms with E-state index in [2.05, 4.69) is 20.8 Å². The second kappa shape index (κ2) is 9.30. The van der Waals surface area contributed by atoms with Crippen LogP contribution < -0.4 is 5.32 Å². The van der Waals surface area contributed by atoms with E-state index in [0.717, 1.165) is 4.90 Å². The molecule has 0 aliphatic carbocycles. The van der Waals surface area contributed by atoms with Crippen molar-refractivity contribution in [1.82, 2.24) is 20.2 Å². The number of tetrazole rings is 1. The van der Waals surface area contributed by atoms with Crippen LogP contribution in [-0.2, 0) is 14.2 Å². The van der Waals surface area contributed by atoms with E-state index in [0.29, 0.717) is 23.0 Å². The molecule has 1 aromatic heterocycles. The minimum absolute atomic E-state index is 0.0425. The van der Waals surface area contributed by atoms with Crippen molar-refractivity contribution in [2.45, 2.75) is 41.3 Å². The van der Waals surface area contributed by atoms with Crippen LogP contribution in [0.3, 0.4) is 0 Å². The quantitative estimate of drug-likeness (QED) is 0.546. The number of carbonyl (C=O) groups is 2. The molecule has 3 aromatic rings. The predicted molar refractivity (Wildman–Crippen MR) is 117 cm³/mol. The van der Waals surface area contributed by atoms with Crippen LogP contribution in [0.1, 0.15) is 23.3 Å². The summed E-state index contributed by atoms with van der Waals surface area (Å²) < 4.78 is 19.1. The zero-order chi connectivity index (χ0) is 22.8. The van der Waals surface area contributed by atoms with Gasteiger partial charge in [0.1, 0.15) is 18.2 Å². The molecule has 4 atom stereocenters. The Morgan fingerprint density at radius 3 is 2.58 bits per heavy atom. The molecule has 2 aromatic carbocycles. The van der Waals surface area contributed by atoms with Crippen molar-refractivity contribution in [3.05, 3.63) is 60.2 Å². The van der Waals surface area contributed by atoms with Crippen LogP contribution in [0.2, 0.25) is 0 Å². The predicted octanol–water partition coefficient (Wildman–Crippen LogP) is 2.98.